The normalized spacial score (nSPS) is 19.3. The zero-order chi connectivity index (χ0) is 13.9. The number of anilines is 1. The lowest BCUT2D eigenvalue weighted by Crippen LogP contribution is -2.37. The molecule has 1 fully saturated rings. The molecule has 1 aliphatic heterocycles. The van der Waals surface area contributed by atoms with E-state index < -0.39 is 0 Å². The lowest BCUT2D eigenvalue weighted by Gasteiger charge is -2.32. The molecule has 5 nitrogen and oxygen atoms in total. The number of hydrogen-bond acceptors (Lipinski definition) is 4. The van der Waals surface area contributed by atoms with Crippen molar-refractivity contribution >= 4 is 5.95 Å². The van der Waals surface area contributed by atoms with E-state index in [1.807, 2.05) is 26.1 Å². The summed E-state index contributed by atoms with van der Waals surface area (Å²) in [5, 5.41) is 7.08. The number of rotatable bonds is 3. The lowest BCUT2D eigenvalue weighted by atomic mass is 9.93. The molecule has 0 unspecified atom stereocenters. The number of nitrogens with zero attached hydrogens (tertiary/aromatic N) is 4. The fraction of sp³-hybridized carbons (Fsp3) is 0.533. The fourth-order valence-corrected chi connectivity index (χ4v) is 2.97. The topological polar surface area (TPSA) is 57.7 Å². The van der Waals surface area contributed by atoms with Gasteiger partial charge in [-0.2, -0.15) is 5.10 Å². The van der Waals surface area contributed by atoms with Crippen molar-refractivity contribution in [1.82, 2.24) is 20.2 Å². The summed E-state index contributed by atoms with van der Waals surface area (Å²) in [6.45, 7) is 6.15. The Labute approximate surface area is 119 Å². The predicted octanol–water partition coefficient (Wildman–Crippen LogP) is 2.28. The first kappa shape index (κ1) is 13.1. The number of aryl methyl sites for hydroxylation is 2. The van der Waals surface area contributed by atoms with Gasteiger partial charge >= 0.3 is 0 Å². The Morgan fingerprint density at radius 1 is 1.30 bits per heavy atom. The summed E-state index contributed by atoms with van der Waals surface area (Å²) in [4.78, 5) is 11.5. The number of H-pyrrole nitrogens is 1. The Morgan fingerprint density at radius 2 is 2.10 bits per heavy atom. The highest BCUT2D eigenvalue weighted by molar-refractivity contribution is 5.33. The summed E-state index contributed by atoms with van der Waals surface area (Å²) in [7, 11) is 0. The van der Waals surface area contributed by atoms with Gasteiger partial charge in [0.25, 0.3) is 0 Å². The number of aromatic amines is 1. The van der Waals surface area contributed by atoms with E-state index >= 15 is 0 Å². The van der Waals surface area contributed by atoms with Crippen LogP contribution in [0, 0.1) is 19.8 Å². The minimum absolute atomic E-state index is 0.647. The van der Waals surface area contributed by atoms with Crippen LogP contribution in [0.3, 0.4) is 0 Å². The van der Waals surface area contributed by atoms with Crippen molar-refractivity contribution in [2.24, 2.45) is 5.92 Å². The van der Waals surface area contributed by atoms with E-state index in [-0.39, 0.29) is 0 Å². The average Bonchev–Trinajstić information content (AvgIpc) is 2.91. The molecule has 106 valence electrons. The minimum Gasteiger partial charge on any atom is -0.341 e. The Kier molecular flexibility index (Phi) is 3.67. The van der Waals surface area contributed by atoms with E-state index in [0.29, 0.717) is 5.92 Å². The molecule has 1 atom stereocenters. The minimum atomic E-state index is 0.647. The van der Waals surface area contributed by atoms with E-state index in [9.17, 15) is 0 Å². The molecule has 0 aromatic carbocycles. The molecular weight excluding hydrogens is 250 g/mol. The standard InChI is InChI=1S/C15H21N5/c1-11-8-12(2)18-15(17-11)20-7-3-4-13(10-20)9-14-5-6-16-19-14/h5-6,8,13H,3-4,7,9-10H2,1-2H3,(H,16,19)/t13-/m0/s1. The molecule has 3 heterocycles. The van der Waals surface area contributed by atoms with Gasteiger partial charge in [-0.1, -0.05) is 0 Å². The maximum atomic E-state index is 4.58. The van der Waals surface area contributed by atoms with Crippen LogP contribution in [0.2, 0.25) is 0 Å². The van der Waals surface area contributed by atoms with Gasteiger partial charge in [-0.25, -0.2) is 9.97 Å². The zero-order valence-corrected chi connectivity index (χ0v) is 12.1. The number of piperidine rings is 1. The Balaban J connectivity index is 1.71. The van der Waals surface area contributed by atoms with Crippen LogP contribution in [0.5, 0.6) is 0 Å². The molecule has 20 heavy (non-hydrogen) atoms. The van der Waals surface area contributed by atoms with Gasteiger partial charge < -0.3 is 4.90 Å². The molecule has 1 saturated heterocycles. The molecule has 5 heteroatoms. The maximum absolute atomic E-state index is 4.58. The maximum Gasteiger partial charge on any atom is 0.225 e. The van der Waals surface area contributed by atoms with Crippen LogP contribution in [0.15, 0.2) is 18.3 Å². The quantitative estimate of drug-likeness (QED) is 0.930. The van der Waals surface area contributed by atoms with Crippen molar-refractivity contribution in [2.45, 2.75) is 33.1 Å². The summed E-state index contributed by atoms with van der Waals surface area (Å²) in [6, 6.07) is 4.09. The van der Waals surface area contributed by atoms with Crippen LogP contribution in [-0.4, -0.2) is 33.3 Å². The third-order valence-electron chi connectivity index (χ3n) is 3.84. The van der Waals surface area contributed by atoms with E-state index in [2.05, 4.69) is 31.1 Å². The summed E-state index contributed by atoms with van der Waals surface area (Å²) in [5.41, 5.74) is 3.31. The molecule has 0 aliphatic carbocycles. The molecule has 2 aromatic heterocycles. The molecule has 1 aliphatic rings. The van der Waals surface area contributed by atoms with Gasteiger partial charge in [-0.15, -0.1) is 0 Å². The van der Waals surface area contributed by atoms with E-state index in [1.165, 1.54) is 18.5 Å². The van der Waals surface area contributed by atoms with E-state index in [0.717, 1.165) is 36.8 Å². The monoisotopic (exact) mass is 271 g/mol. The van der Waals surface area contributed by atoms with Crippen LogP contribution in [-0.2, 0) is 6.42 Å². The highest BCUT2D eigenvalue weighted by Crippen LogP contribution is 2.23. The first-order valence-corrected chi connectivity index (χ1v) is 7.26. The van der Waals surface area contributed by atoms with Crippen LogP contribution < -0.4 is 4.90 Å². The number of hydrogen-bond donors (Lipinski definition) is 1. The Hall–Kier alpha value is -1.91. The number of aromatic nitrogens is 4. The first-order chi connectivity index (χ1) is 9.70. The molecule has 0 radical (unpaired) electrons. The summed E-state index contributed by atoms with van der Waals surface area (Å²) in [5.74, 6) is 1.53. The van der Waals surface area contributed by atoms with Gasteiger partial charge in [0.2, 0.25) is 5.95 Å². The van der Waals surface area contributed by atoms with Crippen molar-refractivity contribution in [1.29, 1.82) is 0 Å². The van der Waals surface area contributed by atoms with Crippen molar-refractivity contribution in [3.63, 3.8) is 0 Å². The predicted molar refractivity (Wildman–Crippen MR) is 78.7 cm³/mol. The number of nitrogens with one attached hydrogen (secondary N) is 1. The molecular formula is C15H21N5. The van der Waals surface area contributed by atoms with Crippen LogP contribution in [0.4, 0.5) is 5.95 Å². The van der Waals surface area contributed by atoms with E-state index in [1.54, 1.807) is 0 Å². The van der Waals surface area contributed by atoms with Crippen LogP contribution >= 0.6 is 0 Å². The second-order valence-corrected chi connectivity index (χ2v) is 5.69. The van der Waals surface area contributed by atoms with Gasteiger partial charge in [-0.3, -0.25) is 5.10 Å². The third kappa shape index (κ3) is 2.98. The van der Waals surface area contributed by atoms with Gasteiger partial charge in [0.05, 0.1) is 0 Å². The molecule has 3 rings (SSSR count). The van der Waals surface area contributed by atoms with E-state index in [4.69, 9.17) is 0 Å². The average molecular weight is 271 g/mol. The second kappa shape index (κ2) is 5.61. The van der Waals surface area contributed by atoms with Crippen molar-refractivity contribution in [3.05, 3.63) is 35.4 Å². The highest BCUT2D eigenvalue weighted by atomic mass is 15.3. The highest BCUT2D eigenvalue weighted by Gasteiger charge is 2.22. The van der Waals surface area contributed by atoms with Crippen LogP contribution in [0.25, 0.3) is 0 Å². The second-order valence-electron chi connectivity index (χ2n) is 5.69. The smallest absolute Gasteiger partial charge is 0.225 e. The van der Waals surface area contributed by atoms with Crippen molar-refractivity contribution in [2.75, 3.05) is 18.0 Å². The van der Waals surface area contributed by atoms with Gasteiger partial charge in [-0.05, 0) is 51.2 Å². The largest absolute Gasteiger partial charge is 0.341 e. The lowest BCUT2D eigenvalue weighted by molar-refractivity contribution is 0.406. The SMILES string of the molecule is Cc1cc(C)nc(N2CCC[C@@H](Cc3ccn[nH]3)C2)n1. The van der Waals surface area contributed by atoms with Crippen molar-refractivity contribution < 1.29 is 0 Å². The first-order valence-electron chi connectivity index (χ1n) is 7.26. The summed E-state index contributed by atoms with van der Waals surface area (Å²) >= 11 is 0. The van der Waals surface area contributed by atoms with Crippen molar-refractivity contribution in [3.8, 4) is 0 Å². The molecule has 2 aromatic rings. The molecule has 0 amide bonds. The van der Waals surface area contributed by atoms with Gasteiger partial charge in [0.15, 0.2) is 0 Å². The van der Waals surface area contributed by atoms with Crippen LogP contribution in [0.1, 0.15) is 29.9 Å². The van der Waals surface area contributed by atoms with Gasteiger partial charge in [0.1, 0.15) is 0 Å². The Bertz CT molecular complexity index is 543. The molecule has 1 N–H and O–H groups in total. The molecule has 0 bridgehead atoms. The third-order valence-corrected chi connectivity index (χ3v) is 3.84. The zero-order valence-electron chi connectivity index (χ0n) is 12.1. The summed E-state index contributed by atoms with van der Waals surface area (Å²) < 4.78 is 0. The Morgan fingerprint density at radius 3 is 2.80 bits per heavy atom. The summed E-state index contributed by atoms with van der Waals surface area (Å²) in [6.07, 6.45) is 5.35. The van der Waals surface area contributed by atoms with Gasteiger partial charge in [0, 0.05) is 36.4 Å². The fourth-order valence-electron chi connectivity index (χ4n) is 2.97. The molecule has 0 saturated carbocycles. The molecule has 0 spiro atoms.